The molecule has 2 aromatic heterocycles. The Balaban J connectivity index is 1.89. The molecule has 0 aliphatic rings. The average Bonchev–Trinajstić information content (AvgIpc) is 3.07. The molecule has 132 valence electrons. The summed E-state index contributed by atoms with van der Waals surface area (Å²) in [4.78, 5) is 24.8. The molecule has 0 saturated carbocycles. The largest absolute Gasteiger partial charge is 0.354 e. The van der Waals surface area contributed by atoms with Crippen molar-refractivity contribution in [1.29, 1.82) is 0 Å². The van der Waals surface area contributed by atoms with Gasteiger partial charge in [-0.15, -0.1) is 0 Å². The molecule has 0 bridgehead atoms. The molecule has 25 heavy (non-hydrogen) atoms. The Bertz CT molecular complexity index is 974. The molecule has 1 aromatic carbocycles. The molecule has 1 amide bonds. The van der Waals surface area contributed by atoms with Gasteiger partial charge < -0.3 is 14.3 Å². The van der Waals surface area contributed by atoms with E-state index in [1.807, 2.05) is 54.8 Å². The number of carbonyl (C=O) groups is 1. The first-order chi connectivity index (χ1) is 12.0. The summed E-state index contributed by atoms with van der Waals surface area (Å²) >= 11 is 3.48. The Morgan fingerprint density at radius 2 is 2.04 bits per heavy atom. The van der Waals surface area contributed by atoms with Gasteiger partial charge in [0, 0.05) is 29.7 Å². The number of nitrogens with one attached hydrogen (secondary N) is 1. The zero-order valence-corrected chi connectivity index (χ0v) is 16.0. The van der Waals surface area contributed by atoms with Crippen LogP contribution in [0.3, 0.4) is 0 Å². The van der Waals surface area contributed by atoms with Gasteiger partial charge >= 0.3 is 0 Å². The molecule has 0 aliphatic heterocycles. The lowest BCUT2D eigenvalue weighted by Crippen LogP contribution is -2.32. The summed E-state index contributed by atoms with van der Waals surface area (Å²) < 4.78 is 4.61. The van der Waals surface area contributed by atoms with Crippen LogP contribution in [0.2, 0.25) is 0 Å². The van der Waals surface area contributed by atoms with Gasteiger partial charge in [-0.1, -0.05) is 22.9 Å². The second kappa shape index (κ2) is 7.44. The van der Waals surface area contributed by atoms with Crippen LogP contribution >= 0.6 is 15.9 Å². The Morgan fingerprint density at radius 1 is 1.24 bits per heavy atom. The van der Waals surface area contributed by atoms with E-state index < -0.39 is 0 Å². The number of aryl methyl sites for hydroxylation is 1. The molecular weight excluding hydrogens is 382 g/mol. The molecule has 0 fully saturated rings. The maximum Gasteiger partial charge on any atom is 0.275 e. The lowest BCUT2D eigenvalue weighted by atomic mass is 10.2. The van der Waals surface area contributed by atoms with Gasteiger partial charge in [0.2, 0.25) is 5.91 Å². The van der Waals surface area contributed by atoms with Crippen molar-refractivity contribution in [3.05, 3.63) is 51.4 Å². The van der Waals surface area contributed by atoms with E-state index >= 15 is 0 Å². The number of halogens is 1. The van der Waals surface area contributed by atoms with Crippen molar-refractivity contribution in [3.8, 4) is 0 Å². The van der Waals surface area contributed by atoms with Crippen LogP contribution in [0.1, 0.15) is 33.1 Å². The van der Waals surface area contributed by atoms with E-state index in [1.165, 1.54) is 0 Å². The van der Waals surface area contributed by atoms with Gasteiger partial charge in [0.1, 0.15) is 5.52 Å². The van der Waals surface area contributed by atoms with Crippen molar-refractivity contribution < 1.29 is 4.79 Å². The van der Waals surface area contributed by atoms with Gasteiger partial charge in [-0.05, 0) is 50.1 Å². The van der Waals surface area contributed by atoms with Crippen molar-refractivity contribution in [2.24, 2.45) is 0 Å². The van der Waals surface area contributed by atoms with Crippen molar-refractivity contribution in [2.75, 3.05) is 0 Å². The summed E-state index contributed by atoms with van der Waals surface area (Å²) in [6.45, 7) is 4.55. The Labute approximate surface area is 154 Å². The quantitative estimate of drug-likeness (QED) is 0.681. The number of carbonyl (C=O) groups excluding carboxylic acids is 1. The van der Waals surface area contributed by atoms with Crippen molar-refractivity contribution in [1.82, 2.24) is 14.3 Å². The van der Waals surface area contributed by atoms with Crippen LogP contribution in [-0.4, -0.2) is 20.9 Å². The van der Waals surface area contributed by atoms with Crippen LogP contribution in [0, 0.1) is 0 Å². The average molecular weight is 404 g/mol. The third-order valence-electron chi connectivity index (χ3n) is 4.51. The number of hydrogen-bond acceptors (Lipinski definition) is 2. The predicted octanol–water partition coefficient (Wildman–Crippen LogP) is 3.71. The fourth-order valence-electron chi connectivity index (χ4n) is 3.00. The first-order valence-electron chi connectivity index (χ1n) is 8.59. The molecule has 1 N–H and O–H groups in total. The van der Waals surface area contributed by atoms with Gasteiger partial charge in [0.05, 0.1) is 11.0 Å². The molecule has 5 nitrogen and oxygen atoms in total. The van der Waals surface area contributed by atoms with Gasteiger partial charge in [-0.25, -0.2) is 0 Å². The van der Waals surface area contributed by atoms with Crippen LogP contribution in [-0.2, 0) is 11.3 Å². The summed E-state index contributed by atoms with van der Waals surface area (Å²) in [5.41, 5.74) is 2.47. The van der Waals surface area contributed by atoms with Gasteiger partial charge in [-0.3, -0.25) is 9.59 Å². The zero-order valence-electron chi connectivity index (χ0n) is 14.5. The Kier molecular flexibility index (Phi) is 5.27. The van der Waals surface area contributed by atoms with E-state index in [0.717, 1.165) is 21.9 Å². The molecule has 3 rings (SSSR count). The molecule has 0 radical (unpaired) electrons. The number of hydrogen-bond donors (Lipinski definition) is 1. The summed E-state index contributed by atoms with van der Waals surface area (Å²) in [6.07, 6.45) is 3.85. The SMILES string of the molecule is CCC(C)NC(=O)CCCn1c(=O)c2cccn2c2ccc(Br)cc21. The minimum atomic E-state index is -0.0297. The molecule has 6 heteroatoms. The summed E-state index contributed by atoms with van der Waals surface area (Å²) in [5.74, 6) is 0.0386. The van der Waals surface area contributed by atoms with Crippen molar-refractivity contribution in [3.63, 3.8) is 0 Å². The van der Waals surface area contributed by atoms with Gasteiger partial charge in [-0.2, -0.15) is 0 Å². The molecule has 0 spiro atoms. The Morgan fingerprint density at radius 3 is 2.80 bits per heavy atom. The summed E-state index contributed by atoms with van der Waals surface area (Å²) in [5, 5.41) is 2.96. The highest BCUT2D eigenvalue weighted by Gasteiger charge is 2.12. The maximum absolute atomic E-state index is 12.8. The fraction of sp³-hybridized carbons (Fsp3) is 0.368. The smallest absolute Gasteiger partial charge is 0.275 e. The minimum Gasteiger partial charge on any atom is -0.354 e. The van der Waals surface area contributed by atoms with Crippen LogP contribution in [0.25, 0.3) is 16.6 Å². The number of rotatable bonds is 6. The van der Waals surface area contributed by atoms with E-state index in [2.05, 4.69) is 21.2 Å². The number of amides is 1. The highest BCUT2D eigenvalue weighted by atomic mass is 79.9. The van der Waals surface area contributed by atoms with E-state index in [4.69, 9.17) is 0 Å². The lowest BCUT2D eigenvalue weighted by Gasteiger charge is -2.14. The summed E-state index contributed by atoms with van der Waals surface area (Å²) in [7, 11) is 0. The Hall–Kier alpha value is -2.08. The number of fused-ring (bicyclic) bond motifs is 3. The normalized spacial score (nSPS) is 12.6. The molecule has 3 aromatic rings. The van der Waals surface area contributed by atoms with E-state index in [1.54, 1.807) is 4.57 Å². The van der Waals surface area contributed by atoms with Crippen LogP contribution in [0.15, 0.2) is 45.8 Å². The highest BCUT2D eigenvalue weighted by molar-refractivity contribution is 9.10. The minimum absolute atomic E-state index is 0.0297. The van der Waals surface area contributed by atoms with Gasteiger partial charge in [0.15, 0.2) is 0 Å². The van der Waals surface area contributed by atoms with E-state index in [0.29, 0.717) is 24.9 Å². The second-order valence-corrected chi connectivity index (χ2v) is 7.25. The number of aromatic nitrogens is 2. The van der Waals surface area contributed by atoms with Gasteiger partial charge in [0.25, 0.3) is 5.56 Å². The van der Waals surface area contributed by atoms with Crippen LogP contribution in [0.5, 0.6) is 0 Å². The monoisotopic (exact) mass is 403 g/mol. The fourth-order valence-corrected chi connectivity index (χ4v) is 3.35. The zero-order chi connectivity index (χ0) is 18.0. The first kappa shape index (κ1) is 17.7. The standard InChI is InChI=1S/C19H22BrN3O2/c1-3-13(2)21-18(24)7-5-11-23-17-12-14(20)8-9-15(17)22-10-4-6-16(22)19(23)25/h4,6,8-10,12-13H,3,5,7,11H2,1-2H3,(H,21,24). The molecule has 0 saturated heterocycles. The van der Waals surface area contributed by atoms with Crippen molar-refractivity contribution in [2.45, 2.75) is 45.7 Å². The highest BCUT2D eigenvalue weighted by Crippen LogP contribution is 2.20. The number of nitrogens with zero attached hydrogens (tertiary/aromatic N) is 2. The first-order valence-corrected chi connectivity index (χ1v) is 9.39. The van der Waals surface area contributed by atoms with E-state index in [-0.39, 0.29) is 17.5 Å². The predicted molar refractivity (Wildman–Crippen MR) is 104 cm³/mol. The molecular formula is C19H22BrN3O2. The van der Waals surface area contributed by atoms with Crippen molar-refractivity contribution >= 4 is 38.4 Å². The lowest BCUT2D eigenvalue weighted by molar-refractivity contribution is -0.121. The third-order valence-corrected chi connectivity index (χ3v) is 5.00. The van der Waals surface area contributed by atoms with Crippen LogP contribution < -0.4 is 10.9 Å². The maximum atomic E-state index is 12.8. The number of benzene rings is 1. The molecule has 1 atom stereocenters. The molecule has 2 heterocycles. The second-order valence-electron chi connectivity index (χ2n) is 6.33. The third kappa shape index (κ3) is 3.63. The molecule has 0 aliphatic carbocycles. The van der Waals surface area contributed by atoms with Crippen LogP contribution in [0.4, 0.5) is 0 Å². The van der Waals surface area contributed by atoms with E-state index in [9.17, 15) is 9.59 Å². The summed E-state index contributed by atoms with van der Waals surface area (Å²) in [6, 6.07) is 9.81. The topological polar surface area (TPSA) is 55.5 Å². The molecule has 1 unspecified atom stereocenters.